The monoisotopic (exact) mass is 246 g/mol. The predicted octanol–water partition coefficient (Wildman–Crippen LogP) is 3.20. The minimum absolute atomic E-state index is 0.221. The van der Waals surface area contributed by atoms with Gasteiger partial charge in [0.05, 0.1) is 0 Å². The predicted molar refractivity (Wildman–Crippen MR) is 69.6 cm³/mol. The van der Waals surface area contributed by atoms with Crippen LogP contribution in [0.5, 0.6) is 0 Å². The second-order valence-electron chi connectivity index (χ2n) is 4.48. The summed E-state index contributed by atoms with van der Waals surface area (Å²) in [6.07, 6.45) is -0.419. The highest BCUT2D eigenvalue weighted by Gasteiger charge is 2.18. The van der Waals surface area contributed by atoms with E-state index in [2.05, 4.69) is 10.2 Å². The third-order valence-corrected chi connectivity index (χ3v) is 2.35. The molecule has 1 N–H and O–H groups in total. The number of carbonyl (C=O) groups excluding carboxylic acids is 1. The van der Waals surface area contributed by atoms with Gasteiger partial charge in [0.15, 0.2) is 0 Å². The number of nitrogens with zero attached hydrogens (tertiary/aromatic N) is 1. The summed E-state index contributed by atoms with van der Waals surface area (Å²) in [4.78, 5) is 14.9. The van der Waals surface area contributed by atoms with E-state index in [0.717, 1.165) is 5.56 Å². The molecule has 0 aromatic heterocycles. The van der Waals surface area contributed by atoms with Gasteiger partial charge in [0.1, 0.15) is 6.61 Å². The summed E-state index contributed by atoms with van der Waals surface area (Å²) < 4.78 is 5.05. The van der Waals surface area contributed by atoms with E-state index in [9.17, 15) is 4.79 Å². The SMILES string of the molecule is [C-]#[N+][C@@H](CC(C)C)NC(=O)OCc1ccccc1. The van der Waals surface area contributed by atoms with Gasteiger partial charge in [-0.15, -0.1) is 0 Å². The fourth-order valence-electron chi connectivity index (χ4n) is 1.49. The van der Waals surface area contributed by atoms with Crippen molar-refractivity contribution in [3.05, 3.63) is 47.3 Å². The van der Waals surface area contributed by atoms with E-state index in [1.807, 2.05) is 44.2 Å². The van der Waals surface area contributed by atoms with E-state index in [0.29, 0.717) is 12.3 Å². The number of hydrogen-bond acceptors (Lipinski definition) is 2. The van der Waals surface area contributed by atoms with Gasteiger partial charge in [-0.1, -0.05) is 44.2 Å². The van der Waals surface area contributed by atoms with Crippen molar-refractivity contribution in [3.63, 3.8) is 0 Å². The zero-order valence-corrected chi connectivity index (χ0v) is 10.7. The van der Waals surface area contributed by atoms with Crippen molar-refractivity contribution in [1.29, 1.82) is 0 Å². The Bertz CT molecular complexity index is 410. The van der Waals surface area contributed by atoms with Crippen molar-refractivity contribution in [2.45, 2.75) is 33.0 Å². The van der Waals surface area contributed by atoms with Crippen LogP contribution < -0.4 is 5.32 Å². The van der Waals surface area contributed by atoms with E-state index in [4.69, 9.17) is 11.3 Å². The molecule has 4 nitrogen and oxygen atoms in total. The first-order valence-electron chi connectivity index (χ1n) is 5.95. The van der Waals surface area contributed by atoms with Crippen LogP contribution >= 0.6 is 0 Å². The van der Waals surface area contributed by atoms with Crippen molar-refractivity contribution in [3.8, 4) is 0 Å². The Morgan fingerprint density at radius 3 is 2.61 bits per heavy atom. The molecular formula is C14H18N2O2. The highest BCUT2D eigenvalue weighted by molar-refractivity contribution is 5.67. The molecule has 1 amide bonds. The zero-order chi connectivity index (χ0) is 13.4. The molecule has 1 rings (SSSR count). The molecule has 18 heavy (non-hydrogen) atoms. The Hall–Kier alpha value is -2.02. The summed E-state index contributed by atoms with van der Waals surface area (Å²) in [7, 11) is 0. The van der Waals surface area contributed by atoms with Gasteiger partial charge in [0.25, 0.3) is 0 Å². The summed E-state index contributed by atoms with van der Waals surface area (Å²) >= 11 is 0. The third-order valence-electron chi connectivity index (χ3n) is 2.35. The van der Waals surface area contributed by atoms with Crippen LogP contribution in [0.1, 0.15) is 25.8 Å². The molecule has 0 saturated carbocycles. The van der Waals surface area contributed by atoms with Gasteiger partial charge in [-0.05, 0) is 11.5 Å². The fraction of sp³-hybridized carbons (Fsp3) is 0.429. The minimum atomic E-state index is -0.541. The van der Waals surface area contributed by atoms with E-state index >= 15 is 0 Å². The Kier molecular flexibility index (Phi) is 5.72. The molecule has 0 bridgehead atoms. The van der Waals surface area contributed by atoms with Crippen LogP contribution in [0.25, 0.3) is 4.85 Å². The molecule has 0 fully saturated rings. The van der Waals surface area contributed by atoms with Crippen molar-refractivity contribution in [2.24, 2.45) is 5.92 Å². The molecule has 96 valence electrons. The van der Waals surface area contributed by atoms with Gasteiger partial charge in [-0.3, -0.25) is 10.2 Å². The van der Waals surface area contributed by atoms with Crippen LogP contribution in [0.15, 0.2) is 30.3 Å². The Balaban J connectivity index is 2.35. The normalized spacial score (nSPS) is 11.7. The first-order valence-corrected chi connectivity index (χ1v) is 5.95. The van der Waals surface area contributed by atoms with Crippen molar-refractivity contribution in [1.82, 2.24) is 5.32 Å². The summed E-state index contributed by atoms with van der Waals surface area (Å²) in [5.74, 6) is 0.360. The largest absolute Gasteiger partial charge is 0.445 e. The van der Waals surface area contributed by atoms with Crippen molar-refractivity contribution >= 4 is 6.09 Å². The molecular weight excluding hydrogens is 228 g/mol. The van der Waals surface area contributed by atoms with Crippen LogP contribution in [-0.2, 0) is 11.3 Å². The van der Waals surface area contributed by atoms with Crippen LogP contribution in [0.2, 0.25) is 0 Å². The third kappa shape index (κ3) is 5.35. The molecule has 0 spiro atoms. The number of amides is 1. The minimum Gasteiger partial charge on any atom is -0.445 e. The van der Waals surface area contributed by atoms with Gasteiger partial charge in [0, 0.05) is 6.42 Å². The van der Waals surface area contributed by atoms with Crippen LogP contribution in [-0.4, -0.2) is 12.3 Å². The maximum Gasteiger partial charge on any atom is 0.413 e. The smallest absolute Gasteiger partial charge is 0.413 e. The van der Waals surface area contributed by atoms with Crippen LogP contribution in [0, 0.1) is 12.5 Å². The fourth-order valence-corrected chi connectivity index (χ4v) is 1.49. The first-order chi connectivity index (χ1) is 8.61. The lowest BCUT2D eigenvalue weighted by atomic mass is 10.1. The summed E-state index contributed by atoms with van der Waals surface area (Å²) in [6, 6.07) is 9.44. The number of carbonyl (C=O) groups is 1. The molecule has 0 aliphatic carbocycles. The number of rotatable bonds is 5. The van der Waals surface area contributed by atoms with E-state index in [-0.39, 0.29) is 6.61 Å². The van der Waals surface area contributed by atoms with Gasteiger partial charge < -0.3 is 4.74 Å². The van der Waals surface area contributed by atoms with Crippen molar-refractivity contribution in [2.75, 3.05) is 0 Å². The lowest BCUT2D eigenvalue weighted by Gasteiger charge is -2.10. The molecule has 1 atom stereocenters. The maximum absolute atomic E-state index is 11.5. The van der Waals surface area contributed by atoms with Gasteiger partial charge in [-0.2, -0.15) is 0 Å². The summed E-state index contributed by atoms with van der Waals surface area (Å²) in [5, 5.41) is 2.55. The Morgan fingerprint density at radius 1 is 1.39 bits per heavy atom. The molecule has 0 heterocycles. The van der Waals surface area contributed by atoms with E-state index in [1.165, 1.54) is 0 Å². The topological polar surface area (TPSA) is 42.7 Å². The highest BCUT2D eigenvalue weighted by atomic mass is 16.5. The number of benzene rings is 1. The molecule has 0 aliphatic rings. The van der Waals surface area contributed by atoms with Crippen LogP contribution in [0.3, 0.4) is 0 Å². The second-order valence-corrected chi connectivity index (χ2v) is 4.48. The zero-order valence-electron chi connectivity index (χ0n) is 10.7. The molecule has 0 aliphatic heterocycles. The van der Waals surface area contributed by atoms with E-state index in [1.54, 1.807) is 0 Å². The molecule has 0 saturated heterocycles. The molecule has 1 aromatic carbocycles. The van der Waals surface area contributed by atoms with Gasteiger partial charge >= 0.3 is 12.3 Å². The average Bonchev–Trinajstić information content (AvgIpc) is 2.36. The Morgan fingerprint density at radius 2 is 2.06 bits per heavy atom. The quantitative estimate of drug-likeness (QED) is 0.811. The van der Waals surface area contributed by atoms with Gasteiger partial charge in [0.2, 0.25) is 0 Å². The van der Waals surface area contributed by atoms with E-state index < -0.39 is 12.3 Å². The lowest BCUT2D eigenvalue weighted by Crippen LogP contribution is -2.33. The maximum atomic E-state index is 11.5. The summed E-state index contributed by atoms with van der Waals surface area (Å²) in [6.45, 7) is 11.2. The average molecular weight is 246 g/mol. The molecule has 1 aromatic rings. The second kappa shape index (κ2) is 7.33. The van der Waals surface area contributed by atoms with Crippen molar-refractivity contribution < 1.29 is 9.53 Å². The van der Waals surface area contributed by atoms with Gasteiger partial charge in [-0.25, -0.2) is 11.4 Å². The number of hydrogen-bond donors (Lipinski definition) is 1. The standard InChI is InChI=1S/C14H18N2O2/c1-11(2)9-13(15-3)16-14(17)18-10-12-7-5-4-6-8-12/h4-8,11,13H,9-10H2,1-2H3,(H,16,17)/t13-/m1/s1. The highest BCUT2D eigenvalue weighted by Crippen LogP contribution is 2.06. The lowest BCUT2D eigenvalue weighted by molar-refractivity contribution is 0.136. The molecule has 0 radical (unpaired) electrons. The number of alkyl carbamates (subject to hydrolysis) is 1. The number of nitrogens with one attached hydrogen (secondary N) is 1. The molecule has 4 heteroatoms. The Labute approximate surface area is 108 Å². The van der Waals surface area contributed by atoms with Crippen LogP contribution in [0.4, 0.5) is 4.79 Å². The number of ether oxygens (including phenoxy) is 1. The first kappa shape index (κ1) is 14.0. The molecule has 0 unspecified atom stereocenters. The summed E-state index contributed by atoms with van der Waals surface area (Å²) in [5.41, 5.74) is 0.927.